The van der Waals surface area contributed by atoms with Crippen LogP contribution < -0.4 is 5.32 Å². The molecule has 0 radical (unpaired) electrons. The van der Waals surface area contributed by atoms with E-state index in [1.54, 1.807) is 42.2 Å². The van der Waals surface area contributed by atoms with Gasteiger partial charge < -0.3 is 15.3 Å². The van der Waals surface area contributed by atoms with Crippen molar-refractivity contribution in [2.75, 3.05) is 13.1 Å². The molecule has 1 aliphatic rings. The minimum absolute atomic E-state index is 0.0650. The summed E-state index contributed by atoms with van der Waals surface area (Å²) >= 11 is 0. The van der Waals surface area contributed by atoms with E-state index in [0.29, 0.717) is 18.7 Å². The van der Waals surface area contributed by atoms with Gasteiger partial charge in [-0.05, 0) is 18.9 Å². The van der Waals surface area contributed by atoms with Gasteiger partial charge in [-0.3, -0.25) is 9.59 Å². The van der Waals surface area contributed by atoms with Crippen LogP contribution in [0.3, 0.4) is 0 Å². The number of aliphatic carboxylic acids is 1. The van der Waals surface area contributed by atoms with Crippen molar-refractivity contribution in [2.45, 2.75) is 32.2 Å². The van der Waals surface area contributed by atoms with Gasteiger partial charge in [0.25, 0.3) is 0 Å². The lowest BCUT2D eigenvalue weighted by Crippen LogP contribution is -2.53. The molecule has 2 unspecified atom stereocenters. The second kappa shape index (κ2) is 6.81. The topological polar surface area (TPSA) is 86.7 Å². The number of nitrogens with one attached hydrogen (secondary N) is 1. The van der Waals surface area contributed by atoms with Crippen LogP contribution in [0.5, 0.6) is 0 Å². The summed E-state index contributed by atoms with van der Waals surface area (Å²) in [5, 5.41) is 12.4. The van der Waals surface area contributed by atoms with E-state index in [-0.39, 0.29) is 24.7 Å². The van der Waals surface area contributed by atoms with Crippen molar-refractivity contribution in [3.05, 3.63) is 35.9 Å². The Morgan fingerprint density at radius 2 is 1.96 bits per heavy atom. The van der Waals surface area contributed by atoms with Crippen molar-refractivity contribution in [3.8, 4) is 0 Å². The number of benzene rings is 1. The van der Waals surface area contributed by atoms with E-state index in [1.165, 1.54) is 0 Å². The Morgan fingerprint density at radius 3 is 2.43 bits per heavy atom. The molecule has 0 aliphatic carbocycles. The minimum atomic E-state index is -1.47. The highest BCUT2D eigenvalue weighted by molar-refractivity contribution is 5.93. The first-order valence-electron chi connectivity index (χ1n) is 7.83. The van der Waals surface area contributed by atoms with Crippen LogP contribution in [0, 0.1) is 5.92 Å². The molecule has 1 aromatic carbocycles. The first-order valence-corrected chi connectivity index (χ1v) is 7.83. The third kappa shape index (κ3) is 3.21. The monoisotopic (exact) mass is 318 g/mol. The van der Waals surface area contributed by atoms with Crippen LogP contribution in [0.4, 0.5) is 0 Å². The highest BCUT2D eigenvalue weighted by atomic mass is 16.4. The van der Waals surface area contributed by atoms with Crippen LogP contribution in [-0.4, -0.2) is 40.9 Å². The number of carbonyl (C=O) groups is 3. The zero-order valence-corrected chi connectivity index (χ0v) is 13.4. The van der Waals surface area contributed by atoms with Crippen molar-refractivity contribution >= 4 is 17.8 Å². The maximum absolute atomic E-state index is 12.6. The van der Waals surface area contributed by atoms with Gasteiger partial charge >= 0.3 is 5.97 Å². The van der Waals surface area contributed by atoms with E-state index in [9.17, 15) is 19.5 Å². The zero-order valence-electron chi connectivity index (χ0n) is 13.4. The van der Waals surface area contributed by atoms with E-state index >= 15 is 0 Å². The molecule has 2 amide bonds. The summed E-state index contributed by atoms with van der Waals surface area (Å²) in [6.07, 6.45) is 0.351. The molecule has 0 bridgehead atoms. The number of carboxylic acids is 1. The molecule has 0 aromatic heterocycles. The Morgan fingerprint density at radius 1 is 1.30 bits per heavy atom. The average Bonchev–Trinajstić information content (AvgIpc) is 2.94. The number of amides is 2. The van der Waals surface area contributed by atoms with Crippen LogP contribution in [0.2, 0.25) is 0 Å². The molecule has 2 rings (SSSR count). The van der Waals surface area contributed by atoms with Crippen LogP contribution >= 0.6 is 0 Å². The Bertz CT molecular complexity index is 602. The highest BCUT2D eigenvalue weighted by Gasteiger charge is 2.43. The maximum atomic E-state index is 12.6. The summed E-state index contributed by atoms with van der Waals surface area (Å²) in [6, 6.07) is 8.66. The number of hydrogen-bond acceptors (Lipinski definition) is 3. The average molecular weight is 318 g/mol. The van der Waals surface area contributed by atoms with Gasteiger partial charge in [0.05, 0.1) is 5.92 Å². The Balaban J connectivity index is 2.24. The second-order valence-corrected chi connectivity index (χ2v) is 5.75. The Labute approximate surface area is 135 Å². The van der Waals surface area contributed by atoms with Gasteiger partial charge in [-0.15, -0.1) is 0 Å². The SMILES string of the molecule is CCN1CC(C(=O)NC(CC)(C(=O)O)c2ccccc2)CC1=O. The fourth-order valence-electron chi connectivity index (χ4n) is 2.98. The summed E-state index contributed by atoms with van der Waals surface area (Å²) < 4.78 is 0. The molecule has 1 saturated heterocycles. The van der Waals surface area contributed by atoms with Crippen LogP contribution in [0.15, 0.2) is 30.3 Å². The molecule has 6 heteroatoms. The van der Waals surface area contributed by atoms with Gasteiger partial charge in [0, 0.05) is 19.5 Å². The lowest BCUT2D eigenvalue weighted by atomic mass is 9.86. The van der Waals surface area contributed by atoms with Crippen LogP contribution in [0.1, 0.15) is 32.3 Å². The summed E-state index contributed by atoms with van der Waals surface area (Å²) in [5.74, 6) is -2.06. The fraction of sp³-hybridized carbons (Fsp3) is 0.471. The smallest absolute Gasteiger partial charge is 0.334 e. The van der Waals surface area contributed by atoms with E-state index in [1.807, 2.05) is 6.92 Å². The molecule has 0 spiro atoms. The van der Waals surface area contributed by atoms with Crippen molar-refractivity contribution < 1.29 is 19.5 Å². The lowest BCUT2D eigenvalue weighted by molar-refractivity contribution is -0.149. The highest BCUT2D eigenvalue weighted by Crippen LogP contribution is 2.27. The third-order valence-corrected chi connectivity index (χ3v) is 4.47. The van der Waals surface area contributed by atoms with Crippen molar-refractivity contribution in [1.29, 1.82) is 0 Å². The number of likely N-dealkylation sites (tertiary alicyclic amines) is 1. The number of rotatable bonds is 6. The summed E-state index contributed by atoms with van der Waals surface area (Å²) in [4.78, 5) is 37.8. The third-order valence-electron chi connectivity index (χ3n) is 4.47. The van der Waals surface area contributed by atoms with E-state index in [2.05, 4.69) is 5.32 Å². The van der Waals surface area contributed by atoms with Gasteiger partial charge in [-0.2, -0.15) is 0 Å². The van der Waals surface area contributed by atoms with Gasteiger partial charge in [0.2, 0.25) is 11.8 Å². The van der Waals surface area contributed by atoms with E-state index < -0.39 is 17.4 Å². The minimum Gasteiger partial charge on any atom is -0.479 e. The molecule has 2 atom stereocenters. The van der Waals surface area contributed by atoms with Crippen molar-refractivity contribution in [1.82, 2.24) is 10.2 Å². The van der Waals surface area contributed by atoms with Crippen LogP contribution in [0.25, 0.3) is 0 Å². The number of carboxylic acid groups (broad SMARTS) is 1. The van der Waals surface area contributed by atoms with Crippen LogP contribution in [-0.2, 0) is 19.9 Å². The predicted molar refractivity (Wildman–Crippen MR) is 84.6 cm³/mol. The number of nitrogens with zero attached hydrogens (tertiary/aromatic N) is 1. The Kier molecular flexibility index (Phi) is 5.03. The number of carbonyl (C=O) groups excluding carboxylic acids is 2. The Hall–Kier alpha value is -2.37. The fourth-order valence-corrected chi connectivity index (χ4v) is 2.98. The van der Waals surface area contributed by atoms with Gasteiger partial charge in [-0.1, -0.05) is 37.3 Å². The summed E-state index contributed by atoms with van der Waals surface area (Å²) in [7, 11) is 0. The summed E-state index contributed by atoms with van der Waals surface area (Å²) in [6.45, 7) is 4.48. The standard InChI is InChI=1S/C17H22N2O4/c1-3-17(16(22)23,13-8-6-5-7-9-13)18-15(21)12-10-14(20)19(4-2)11-12/h5-9,12H,3-4,10-11H2,1-2H3,(H,18,21)(H,22,23). The first-order chi connectivity index (χ1) is 10.9. The first kappa shape index (κ1) is 17.0. The lowest BCUT2D eigenvalue weighted by Gasteiger charge is -2.31. The van der Waals surface area contributed by atoms with Gasteiger partial charge in [0.15, 0.2) is 5.54 Å². The van der Waals surface area contributed by atoms with E-state index in [4.69, 9.17) is 0 Å². The molecule has 0 saturated carbocycles. The second-order valence-electron chi connectivity index (χ2n) is 5.75. The van der Waals surface area contributed by atoms with Gasteiger partial charge in [0.1, 0.15) is 0 Å². The predicted octanol–water partition coefficient (Wildman–Crippen LogP) is 1.36. The molecule has 1 aromatic rings. The molecule has 1 aliphatic heterocycles. The molecule has 23 heavy (non-hydrogen) atoms. The molecular formula is C17H22N2O4. The quantitative estimate of drug-likeness (QED) is 0.829. The number of hydrogen-bond donors (Lipinski definition) is 2. The zero-order chi connectivity index (χ0) is 17.0. The molecule has 1 heterocycles. The molecular weight excluding hydrogens is 296 g/mol. The summed E-state index contributed by atoms with van der Waals surface area (Å²) in [5.41, 5.74) is -0.943. The van der Waals surface area contributed by atoms with Crippen molar-refractivity contribution in [3.63, 3.8) is 0 Å². The maximum Gasteiger partial charge on any atom is 0.334 e. The molecule has 2 N–H and O–H groups in total. The molecule has 124 valence electrons. The van der Waals surface area contributed by atoms with E-state index in [0.717, 1.165) is 0 Å². The largest absolute Gasteiger partial charge is 0.479 e. The molecule has 1 fully saturated rings. The normalized spacial score (nSPS) is 20.2. The van der Waals surface area contributed by atoms with Gasteiger partial charge in [-0.25, -0.2) is 4.79 Å². The van der Waals surface area contributed by atoms with Crippen molar-refractivity contribution in [2.24, 2.45) is 5.92 Å². The molecule has 6 nitrogen and oxygen atoms in total.